The molecule has 0 spiro atoms. The zero-order valence-corrected chi connectivity index (χ0v) is 17.3. The lowest BCUT2D eigenvalue weighted by molar-refractivity contribution is -0.136. The molecule has 2 rings (SSSR count). The van der Waals surface area contributed by atoms with Crippen LogP contribution in [0.5, 0.6) is 11.5 Å². The Balaban J connectivity index is 1.90. The van der Waals surface area contributed by atoms with E-state index in [4.69, 9.17) is 21.1 Å². The van der Waals surface area contributed by atoms with Crippen LogP contribution in [0.2, 0.25) is 5.02 Å². The number of hydrogen-bond acceptors (Lipinski definition) is 4. The van der Waals surface area contributed by atoms with Crippen LogP contribution < -0.4 is 14.8 Å². The van der Waals surface area contributed by atoms with E-state index in [9.17, 15) is 9.59 Å². The molecule has 0 aromatic heterocycles. The van der Waals surface area contributed by atoms with E-state index in [2.05, 4.69) is 21.2 Å². The summed E-state index contributed by atoms with van der Waals surface area (Å²) in [5, 5.41) is 3.31. The number of hydrogen-bond donors (Lipinski definition) is 1. The third-order valence-electron chi connectivity index (χ3n) is 3.67. The van der Waals surface area contributed by atoms with E-state index in [0.29, 0.717) is 33.2 Å². The van der Waals surface area contributed by atoms with E-state index in [1.807, 2.05) is 0 Å². The number of rotatable bonds is 8. The van der Waals surface area contributed by atoms with Crippen molar-refractivity contribution in [1.82, 2.24) is 4.90 Å². The highest BCUT2D eigenvalue weighted by molar-refractivity contribution is 9.10. The Morgan fingerprint density at radius 1 is 1.22 bits per heavy atom. The second kappa shape index (κ2) is 10.2. The van der Waals surface area contributed by atoms with Crippen molar-refractivity contribution in [3.05, 3.63) is 52.0 Å². The number of anilines is 1. The largest absolute Gasteiger partial charge is 0.497 e. The first-order chi connectivity index (χ1) is 12.9. The zero-order valence-electron chi connectivity index (χ0n) is 15.0. The van der Waals surface area contributed by atoms with Gasteiger partial charge in [0, 0.05) is 23.3 Å². The SMILES string of the molecule is CCN(CC(=O)Nc1cccc(OC)c1)C(=O)COc1ccc(Cl)cc1Br. The Morgan fingerprint density at radius 2 is 2.00 bits per heavy atom. The summed E-state index contributed by atoms with van der Waals surface area (Å²) in [6.07, 6.45) is 0. The standard InChI is InChI=1S/C19H20BrClN2O4/c1-3-23(11-18(24)22-14-5-4-6-15(10-14)26-2)19(25)12-27-17-8-7-13(21)9-16(17)20/h4-10H,3,11-12H2,1-2H3,(H,22,24). The molecule has 0 saturated carbocycles. The van der Waals surface area contributed by atoms with E-state index >= 15 is 0 Å². The van der Waals surface area contributed by atoms with Crippen LogP contribution in [0.3, 0.4) is 0 Å². The van der Waals surface area contributed by atoms with Crippen LogP contribution in [0.1, 0.15) is 6.92 Å². The fraction of sp³-hybridized carbons (Fsp3) is 0.263. The molecule has 2 aromatic carbocycles. The molecule has 0 unspecified atom stereocenters. The average molecular weight is 456 g/mol. The lowest BCUT2D eigenvalue weighted by Crippen LogP contribution is -2.40. The average Bonchev–Trinajstić information content (AvgIpc) is 2.65. The van der Waals surface area contributed by atoms with Gasteiger partial charge in [0.15, 0.2) is 6.61 Å². The van der Waals surface area contributed by atoms with E-state index in [1.165, 1.54) is 4.90 Å². The first-order valence-electron chi connectivity index (χ1n) is 8.22. The number of likely N-dealkylation sites (N-methyl/N-ethyl adjacent to an activating group) is 1. The number of amides is 2. The van der Waals surface area contributed by atoms with Gasteiger partial charge < -0.3 is 19.7 Å². The van der Waals surface area contributed by atoms with Crippen molar-refractivity contribution in [2.24, 2.45) is 0 Å². The Bertz CT molecular complexity index is 816. The van der Waals surface area contributed by atoms with Crippen LogP contribution in [-0.2, 0) is 9.59 Å². The molecule has 0 aliphatic rings. The number of halogens is 2. The van der Waals surface area contributed by atoms with Crippen LogP contribution in [0, 0.1) is 0 Å². The molecule has 0 heterocycles. The van der Waals surface area contributed by atoms with Gasteiger partial charge in [0.2, 0.25) is 5.91 Å². The predicted molar refractivity (Wildman–Crippen MR) is 109 cm³/mol. The van der Waals surface area contributed by atoms with Gasteiger partial charge >= 0.3 is 0 Å². The Morgan fingerprint density at radius 3 is 2.67 bits per heavy atom. The molecule has 0 radical (unpaired) electrons. The minimum Gasteiger partial charge on any atom is -0.497 e. The molecule has 0 bridgehead atoms. The predicted octanol–water partition coefficient (Wildman–Crippen LogP) is 3.98. The monoisotopic (exact) mass is 454 g/mol. The summed E-state index contributed by atoms with van der Waals surface area (Å²) in [4.78, 5) is 26.0. The number of carbonyl (C=O) groups excluding carboxylic acids is 2. The highest BCUT2D eigenvalue weighted by Crippen LogP contribution is 2.27. The van der Waals surface area contributed by atoms with Gasteiger partial charge in [0.05, 0.1) is 18.1 Å². The maximum atomic E-state index is 12.4. The molecular weight excluding hydrogens is 436 g/mol. The highest BCUT2D eigenvalue weighted by atomic mass is 79.9. The van der Waals surface area contributed by atoms with Crippen molar-refractivity contribution in [1.29, 1.82) is 0 Å². The summed E-state index contributed by atoms with van der Waals surface area (Å²) in [6.45, 7) is 1.93. The summed E-state index contributed by atoms with van der Waals surface area (Å²) in [5.74, 6) is 0.550. The van der Waals surface area contributed by atoms with Crippen LogP contribution >= 0.6 is 27.5 Å². The van der Waals surface area contributed by atoms with Gasteiger partial charge in [-0.3, -0.25) is 9.59 Å². The summed E-state index contributed by atoms with van der Waals surface area (Å²) in [6, 6.07) is 12.0. The minimum absolute atomic E-state index is 0.0717. The van der Waals surface area contributed by atoms with Crippen LogP contribution in [-0.4, -0.2) is 43.5 Å². The van der Waals surface area contributed by atoms with Gasteiger partial charge in [-0.15, -0.1) is 0 Å². The molecule has 6 nitrogen and oxygen atoms in total. The number of nitrogens with one attached hydrogen (secondary N) is 1. The molecular formula is C19H20BrClN2O4. The van der Waals surface area contributed by atoms with E-state index < -0.39 is 0 Å². The van der Waals surface area contributed by atoms with Crippen molar-refractivity contribution in [2.45, 2.75) is 6.92 Å². The van der Waals surface area contributed by atoms with Crippen LogP contribution in [0.25, 0.3) is 0 Å². The Labute approximate surface area is 171 Å². The van der Waals surface area contributed by atoms with Gasteiger partial charge in [-0.1, -0.05) is 17.7 Å². The topological polar surface area (TPSA) is 67.9 Å². The third kappa shape index (κ3) is 6.45. The molecule has 27 heavy (non-hydrogen) atoms. The molecule has 2 aromatic rings. The first-order valence-corrected chi connectivity index (χ1v) is 9.39. The van der Waals surface area contributed by atoms with E-state index in [-0.39, 0.29) is 25.0 Å². The quantitative estimate of drug-likeness (QED) is 0.654. The summed E-state index contributed by atoms with van der Waals surface area (Å²) in [7, 11) is 1.55. The summed E-state index contributed by atoms with van der Waals surface area (Å²) >= 11 is 9.21. The second-order valence-electron chi connectivity index (χ2n) is 5.55. The maximum Gasteiger partial charge on any atom is 0.260 e. The molecule has 144 valence electrons. The molecule has 0 fully saturated rings. The summed E-state index contributed by atoms with van der Waals surface area (Å²) < 4.78 is 11.3. The number of methoxy groups -OCH3 is 1. The second-order valence-corrected chi connectivity index (χ2v) is 6.84. The van der Waals surface area contributed by atoms with Crippen molar-refractivity contribution < 1.29 is 19.1 Å². The summed E-state index contributed by atoms with van der Waals surface area (Å²) in [5.41, 5.74) is 0.601. The number of ether oxygens (including phenoxy) is 2. The number of nitrogens with zero attached hydrogens (tertiary/aromatic N) is 1. The number of benzene rings is 2. The molecule has 0 aliphatic heterocycles. The lowest BCUT2D eigenvalue weighted by Gasteiger charge is -2.20. The Kier molecular flexibility index (Phi) is 7.94. The molecule has 2 amide bonds. The van der Waals surface area contributed by atoms with Gasteiger partial charge in [0.25, 0.3) is 5.91 Å². The highest BCUT2D eigenvalue weighted by Gasteiger charge is 2.17. The van der Waals surface area contributed by atoms with E-state index in [1.54, 1.807) is 56.5 Å². The molecule has 0 aliphatic carbocycles. The molecule has 0 saturated heterocycles. The third-order valence-corrected chi connectivity index (χ3v) is 4.52. The normalized spacial score (nSPS) is 10.2. The fourth-order valence-corrected chi connectivity index (χ4v) is 3.07. The van der Waals surface area contributed by atoms with E-state index in [0.717, 1.165) is 0 Å². The zero-order chi connectivity index (χ0) is 19.8. The van der Waals surface area contributed by atoms with Gasteiger partial charge in [-0.25, -0.2) is 0 Å². The van der Waals surface area contributed by atoms with Gasteiger partial charge in [0.1, 0.15) is 11.5 Å². The van der Waals surface area contributed by atoms with Crippen molar-refractivity contribution in [2.75, 3.05) is 32.1 Å². The van der Waals surface area contributed by atoms with Crippen molar-refractivity contribution in [3.63, 3.8) is 0 Å². The Hall–Kier alpha value is -2.25. The van der Waals surface area contributed by atoms with Crippen molar-refractivity contribution >= 4 is 45.0 Å². The lowest BCUT2D eigenvalue weighted by atomic mass is 10.3. The molecule has 8 heteroatoms. The van der Waals surface area contributed by atoms with Gasteiger partial charge in [-0.2, -0.15) is 0 Å². The minimum atomic E-state index is -0.300. The van der Waals surface area contributed by atoms with Crippen molar-refractivity contribution in [3.8, 4) is 11.5 Å². The first kappa shape index (κ1) is 21.1. The smallest absolute Gasteiger partial charge is 0.260 e. The molecule has 1 N–H and O–H groups in total. The fourth-order valence-electron chi connectivity index (χ4n) is 2.27. The van der Waals surface area contributed by atoms with Crippen LogP contribution in [0.15, 0.2) is 46.9 Å². The van der Waals surface area contributed by atoms with Crippen LogP contribution in [0.4, 0.5) is 5.69 Å². The number of carbonyl (C=O) groups is 2. The van der Waals surface area contributed by atoms with Gasteiger partial charge in [-0.05, 0) is 53.2 Å². The maximum absolute atomic E-state index is 12.4. The molecule has 0 atom stereocenters.